The second-order valence-electron chi connectivity index (χ2n) is 12.2. The maximum absolute atomic E-state index is 12.5. The van der Waals surface area contributed by atoms with Gasteiger partial charge in [-0.15, -0.1) is 0 Å². The highest BCUT2D eigenvalue weighted by Gasteiger charge is 2.27. The Bertz CT molecular complexity index is 962. The van der Waals surface area contributed by atoms with Gasteiger partial charge in [0, 0.05) is 12.8 Å². The molecule has 0 fully saturated rings. The predicted molar refractivity (Wildman–Crippen MR) is 196 cm³/mol. The monoisotopic (exact) mass is 714 g/mol. The van der Waals surface area contributed by atoms with Crippen molar-refractivity contribution in [2.75, 3.05) is 26.4 Å². The van der Waals surface area contributed by atoms with Gasteiger partial charge in [-0.05, 0) is 70.6 Å². The summed E-state index contributed by atoms with van der Waals surface area (Å²) in [6.07, 6.45) is 33.7. The summed E-state index contributed by atoms with van der Waals surface area (Å²) in [6, 6.07) is 0. The first-order chi connectivity index (χ1) is 23.7. The molecule has 0 rings (SSSR count). The van der Waals surface area contributed by atoms with E-state index in [1.54, 1.807) is 0 Å². The molecule has 0 saturated carbocycles. The lowest BCUT2D eigenvalue weighted by molar-refractivity contribution is -0.161. The van der Waals surface area contributed by atoms with Gasteiger partial charge in [0.2, 0.25) is 0 Å². The Morgan fingerprint density at radius 2 is 1.08 bits per heavy atom. The highest BCUT2D eigenvalue weighted by atomic mass is 31.2. The number of unbranched alkanes of at least 4 members (excludes halogenated alkanes) is 12. The molecule has 10 nitrogen and oxygen atoms in total. The fourth-order valence-corrected chi connectivity index (χ4v) is 5.30. The van der Waals surface area contributed by atoms with Gasteiger partial charge >= 0.3 is 19.8 Å². The van der Waals surface area contributed by atoms with Gasteiger partial charge in [-0.3, -0.25) is 18.6 Å². The van der Waals surface area contributed by atoms with Crippen molar-refractivity contribution >= 4 is 19.8 Å². The molecule has 0 aliphatic carbocycles. The number of rotatable bonds is 34. The van der Waals surface area contributed by atoms with E-state index in [0.717, 1.165) is 70.6 Å². The maximum atomic E-state index is 12.5. The van der Waals surface area contributed by atoms with Crippen LogP contribution in [0, 0.1) is 0 Å². The van der Waals surface area contributed by atoms with Gasteiger partial charge in [-0.2, -0.15) is 0 Å². The number of carbonyl (C=O) groups excluding carboxylic acids is 2. The van der Waals surface area contributed by atoms with Gasteiger partial charge in [0.25, 0.3) is 0 Å². The molecule has 0 aromatic carbocycles. The van der Waals surface area contributed by atoms with E-state index in [-0.39, 0.29) is 19.4 Å². The third kappa shape index (κ3) is 34.2. The normalized spacial score (nSPS) is 14.6. The minimum atomic E-state index is -4.62. The Kier molecular flexibility index (Phi) is 32.9. The van der Waals surface area contributed by atoms with E-state index < -0.39 is 51.8 Å². The van der Waals surface area contributed by atoms with Crippen LogP contribution in [0.15, 0.2) is 48.6 Å². The summed E-state index contributed by atoms with van der Waals surface area (Å²) in [7, 11) is -4.62. The lowest BCUT2D eigenvalue weighted by Gasteiger charge is -2.20. The first-order valence-corrected chi connectivity index (χ1v) is 20.1. The highest BCUT2D eigenvalue weighted by Crippen LogP contribution is 2.43. The summed E-state index contributed by atoms with van der Waals surface area (Å²) >= 11 is 0. The molecule has 3 atom stereocenters. The molecule has 49 heavy (non-hydrogen) atoms. The zero-order valence-corrected chi connectivity index (χ0v) is 31.3. The lowest BCUT2D eigenvalue weighted by Crippen LogP contribution is -2.29. The van der Waals surface area contributed by atoms with Crippen LogP contribution in [-0.2, 0) is 32.7 Å². The zero-order valence-electron chi connectivity index (χ0n) is 30.4. The molecule has 0 aromatic rings. The quantitative estimate of drug-likeness (QED) is 0.0255. The van der Waals surface area contributed by atoms with E-state index in [2.05, 4.69) is 67.0 Å². The Labute approximate surface area is 296 Å². The highest BCUT2D eigenvalue weighted by molar-refractivity contribution is 7.47. The van der Waals surface area contributed by atoms with E-state index in [4.69, 9.17) is 19.1 Å². The molecule has 0 aliphatic rings. The van der Waals surface area contributed by atoms with Crippen molar-refractivity contribution < 1.29 is 47.8 Å². The summed E-state index contributed by atoms with van der Waals surface area (Å²) in [6.45, 7) is 2.22. The van der Waals surface area contributed by atoms with Gasteiger partial charge in [0.05, 0.1) is 19.8 Å². The first kappa shape index (κ1) is 46.9. The fraction of sp³-hybridized carbons (Fsp3) is 0.737. The smallest absolute Gasteiger partial charge is 0.462 e. The Hall–Kier alpha value is -2.07. The van der Waals surface area contributed by atoms with Crippen molar-refractivity contribution in [3.63, 3.8) is 0 Å². The molecule has 0 bridgehead atoms. The number of aliphatic hydroxyl groups is 2. The molecule has 0 amide bonds. The van der Waals surface area contributed by atoms with Crippen LogP contribution in [0.2, 0.25) is 0 Å². The molecule has 0 heterocycles. The number of phosphoric acid groups is 1. The molecule has 0 radical (unpaired) electrons. The molecule has 284 valence electrons. The fourth-order valence-electron chi connectivity index (χ4n) is 4.51. The first-order valence-electron chi connectivity index (χ1n) is 18.6. The van der Waals surface area contributed by atoms with Crippen molar-refractivity contribution in [3.8, 4) is 0 Å². The van der Waals surface area contributed by atoms with Crippen molar-refractivity contribution in [3.05, 3.63) is 48.6 Å². The summed E-state index contributed by atoms with van der Waals surface area (Å²) in [5, 5.41) is 18.2. The second-order valence-corrected chi connectivity index (χ2v) is 13.7. The molecule has 0 saturated heterocycles. The van der Waals surface area contributed by atoms with Crippen molar-refractivity contribution in [1.29, 1.82) is 0 Å². The van der Waals surface area contributed by atoms with E-state index in [0.29, 0.717) is 12.8 Å². The van der Waals surface area contributed by atoms with Gasteiger partial charge in [-0.1, -0.05) is 107 Å². The van der Waals surface area contributed by atoms with Crippen molar-refractivity contribution in [1.82, 2.24) is 0 Å². The second kappa shape index (κ2) is 34.4. The van der Waals surface area contributed by atoms with Gasteiger partial charge in [-0.25, -0.2) is 4.57 Å². The number of hydrogen-bond donors (Lipinski definition) is 3. The average Bonchev–Trinajstić information content (AvgIpc) is 3.09. The zero-order chi connectivity index (χ0) is 36.3. The number of esters is 2. The summed E-state index contributed by atoms with van der Waals surface area (Å²) < 4.78 is 32.5. The molecular formula is C38H67O10P. The average molecular weight is 715 g/mol. The SMILES string of the molecule is CCCC/C=C\CCCCCCCC(=O)OC[C@H](COP(=O)(O)OC[C@@H](O)CO)OC(=O)CCCC/C=C\C/C=C\C/C=C\CCCCC. The molecule has 1 unspecified atom stereocenters. The van der Waals surface area contributed by atoms with E-state index in [9.17, 15) is 24.2 Å². The van der Waals surface area contributed by atoms with Crippen LogP contribution >= 0.6 is 7.82 Å². The van der Waals surface area contributed by atoms with E-state index in [1.165, 1.54) is 32.1 Å². The van der Waals surface area contributed by atoms with Gasteiger partial charge < -0.3 is 24.6 Å². The number of hydrogen-bond acceptors (Lipinski definition) is 9. The third-order valence-corrected chi connectivity index (χ3v) is 8.41. The van der Waals surface area contributed by atoms with Crippen LogP contribution in [-0.4, -0.2) is 65.7 Å². The number of ether oxygens (including phenoxy) is 2. The van der Waals surface area contributed by atoms with Crippen LogP contribution in [0.25, 0.3) is 0 Å². The summed E-state index contributed by atoms with van der Waals surface area (Å²) in [4.78, 5) is 34.7. The van der Waals surface area contributed by atoms with Gasteiger partial charge in [0.15, 0.2) is 6.10 Å². The Balaban J connectivity index is 4.49. The predicted octanol–water partition coefficient (Wildman–Crippen LogP) is 8.99. The Morgan fingerprint density at radius 1 is 0.612 bits per heavy atom. The van der Waals surface area contributed by atoms with E-state index >= 15 is 0 Å². The number of carbonyl (C=O) groups is 2. The van der Waals surface area contributed by atoms with Crippen LogP contribution in [0.1, 0.15) is 142 Å². The van der Waals surface area contributed by atoms with Crippen LogP contribution in [0.3, 0.4) is 0 Å². The number of phosphoric ester groups is 1. The molecule has 11 heteroatoms. The molecule has 0 spiro atoms. The minimum Gasteiger partial charge on any atom is -0.462 e. The molecule has 0 aliphatic heterocycles. The van der Waals surface area contributed by atoms with Crippen LogP contribution in [0.5, 0.6) is 0 Å². The molecular weight excluding hydrogens is 647 g/mol. The number of allylic oxidation sites excluding steroid dienone is 8. The van der Waals surface area contributed by atoms with E-state index in [1.807, 2.05) is 0 Å². The number of aliphatic hydroxyl groups excluding tert-OH is 2. The topological polar surface area (TPSA) is 149 Å². The summed E-state index contributed by atoms with van der Waals surface area (Å²) in [5.41, 5.74) is 0. The van der Waals surface area contributed by atoms with Crippen LogP contribution < -0.4 is 0 Å². The standard InChI is InChI=1S/C38H67O10P/c1-3-5-7-9-11-13-15-16-17-18-20-22-24-26-28-30-38(42)48-36(34-47-49(43,44)46-32-35(40)31-39)33-45-37(41)29-27-25-23-21-19-14-12-10-8-6-4-2/h10-13,16-17,20,22,35-36,39-40H,3-9,14-15,18-19,21,23-34H2,1-2H3,(H,43,44)/b12-10-,13-11-,17-16-,22-20-/t35-,36+/m0/s1. The van der Waals surface area contributed by atoms with Crippen LogP contribution in [0.4, 0.5) is 0 Å². The van der Waals surface area contributed by atoms with Crippen molar-refractivity contribution in [2.45, 2.75) is 154 Å². The largest absolute Gasteiger partial charge is 0.472 e. The van der Waals surface area contributed by atoms with Crippen molar-refractivity contribution in [2.24, 2.45) is 0 Å². The van der Waals surface area contributed by atoms with Gasteiger partial charge in [0.1, 0.15) is 12.7 Å². The molecule has 0 aromatic heterocycles. The minimum absolute atomic E-state index is 0.132. The maximum Gasteiger partial charge on any atom is 0.472 e. The molecule has 3 N–H and O–H groups in total. The lowest BCUT2D eigenvalue weighted by atomic mass is 10.1. The third-order valence-electron chi connectivity index (χ3n) is 7.46. The summed E-state index contributed by atoms with van der Waals surface area (Å²) in [5.74, 6) is -0.987. The Morgan fingerprint density at radius 3 is 1.71 bits per heavy atom.